The summed E-state index contributed by atoms with van der Waals surface area (Å²) in [4.78, 5) is 21.3. The highest BCUT2D eigenvalue weighted by atomic mass is 19.4. The highest BCUT2D eigenvalue weighted by molar-refractivity contribution is 5.79. The van der Waals surface area contributed by atoms with Crippen LogP contribution in [0.4, 0.5) is 17.6 Å². The van der Waals surface area contributed by atoms with Crippen LogP contribution in [0.2, 0.25) is 0 Å². The average molecular weight is 405 g/mol. The Morgan fingerprint density at radius 3 is 2.66 bits per heavy atom. The number of alkyl halides is 3. The van der Waals surface area contributed by atoms with Crippen LogP contribution < -0.4 is 0 Å². The lowest BCUT2D eigenvalue weighted by molar-refractivity contribution is -0.141. The van der Waals surface area contributed by atoms with Crippen molar-refractivity contribution in [3.05, 3.63) is 65.2 Å². The second kappa shape index (κ2) is 7.50. The van der Waals surface area contributed by atoms with Gasteiger partial charge in [0.25, 0.3) is 0 Å². The van der Waals surface area contributed by atoms with Crippen molar-refractivity contribution in [3.8, 4) is 0 Å². The molecule has 0 saturated carbocycles. The molecular weight excluding hydrogens is 386 g/mol. The average Bonchev–Trinajstić information content (AvgIpc) is 3.12. The summed E-state index contributed by atoms with van der Waals surface area (Å²) in [6.07, 6.45) is -2.66. The fourth-order valence-electron chi connectivity index (χ4n) is 3.75. The molecule has 0 spiro atoms. The van der Waals surface area contributed by atoms with E-state index in [1.807, 2.05) is 0 Å². The number of carbonyl (C=O) groups is 1. The Morgan fingerprint density at radius 2 is 1.93 bits per heavy atom. The fraction of sp³-hybridized carbons (Fsp3) is 0.333. The first-order valence-corrected chi connectivity index (χ1v) is 9.39. The third kappa shape index (κ3) is 4.26. The van der Waals surface area contributed by atoms with Crippen LogP contribution in [0.15, 0.2) is 42.5 Å². The molecule has 3 heterocycles. The summed E-state index contributed by atoms with van der Waals surface area (Å²) in [7, 11) is 0. The van der Waals surface area contributed by atoms with Crippen molar-refractivity contribution in [2.45, 2.75) is 31.4 Å². The van der Waals surface area contributed by atoms with E-state index in [2.05, 4.69) is 9.97 Å². The van der Waals surface area contributed by atoms with Gasteiger partial charge in [0.1, 0.15) is 11.5 Å². The number of likely N-dealkylation sites (tertiary alicyclic amines) is 1. The maximum atomic E-state index is 13.0. The van der Waals surface area contributed by atoms with Gasteiger partial charge in [-0.3, -0.25) is 4.79 Å². The van der Waals surface area contributed by atoms with Crippen LogP contribution in [0, 0.1) is 5.82 Å². The van der Waals surface area contributed by atoms with Crippen LogP contribution in [0.3, 0.4) is 0 Å². The van der Waals surface area contributed by atoms with Gasteiger partial charge < -0.3 is 9.88 Å². The van der Waals surface area contributed by atoms with E-state index < -0.39 is 11.9 Å². The molecule has 152 valence electrons. The molecule has 1 atom stereocenters. The van der Waals surface area contributed by atoms with Gasteiger partial charge in [-0.25, -0.2) is 9.37 Å². The van der Waals surface area contributed by atoms with Crippen LogP contribution in [0.1, 0.15) is 35.7 Å². The van der Waals surface area contributed by atoms with Crippen LogP contribution in [-0.2, 0) is 17.4 Å². The number of pyridine rings is 1. The zero-order valence-electron chi connectivity index (χ0n) is 15.5. The van der Waals surface area contributed by atoms with Crippen molar-refractivity contribution in [3.63, 3.8) is 0 Å². The molecule has 1 N–H and O–H groups in total. The molecular formula is C21H19F4N3O. The predicted octanol–water partition coefficient (Wildman–Crippen LogP) is 4.67. The number of piperidine rings is 1. The molecule has 3 aromatic rings. The van der Waals surface area contributed by atoms with Crippen molar-refractivity contribution in [2.75, 3.05) is 13.1 Å². The molecule has 1 saturated heterocycles. The first-order chi connectivity index (χ1) is 13.8. The number of rotatable bonds is 3. The SMILES string of the molecule is O=C(Cc1ccc(F)cc1)N1CCC[C@@H](c2cc3nc(C(F)(F)F)ccc3[nH]2)C1. The van der Waals surface area contributed by atoms with Crippen molar-refractivity contribution in [2.24, 2.45) is 0 Å². The summed E-state index contributed by atoms with van der Waals surface area (Å²) in [6.45, 7) is 1.12. The second-order valence-electron chi connectivity index (χ2n) is 7.33. The van der Waals surface area contributed by atoms with Gasteiger partial charge in [-0.1, -0.05) is 12.1 Å². The highest BCUT2D eigenvalue weighted by Crippen LogP contribution is 2.32. The molecule has 0 radical (unpaired) electrons. The lowest BCUT2D eigenvalue weighted by Gasteiger charge is -2.32. The van der Waals surface area contributed by atoms with E-state index >= 15 is 0 Å². The minimum Gasteiger partial charge on any atom is -0.357 e. The number of nitrogens with zero attached hydrogens (tertiary/aromatic N) is 2. The smallest absolute Gasteiger partial charge is 0.357 e. The van der Waals surface area contributed by atoms with Crippen LogP contribution >= 0.6 is 0 Å². The van der Waals surface area contributed by atoms with E-state index in [9.17, 15) is 22.4 Å². The molecule has 1 aliphatic rings. The molecule has 1 aromatic carbocycles. The van der Waals surface area contributed by atoms with Gasteiger partial charge in [0.05, 0.1) is 17.5 Å². The van der Waals surface area contributed by atoms with Crippen molar-refractivity contribution < 1.29 is 22.4 Å². The van der Waals surface area contributed by atoms with Gasteiger partial charge in [0, 0.05) is 24.7 Å². The van der Waals surface area contributed by atoms with Crippen molar-refractivity contribution in [1.82, 2.24) is 14.9 Å². The number of nitrogens with one attached hydrogen (secondary N) is 1. The Morgan fingerprint density at radius 1 is 1.17 bits per heavy atom. The Kier molecular flexibility index (Phi) is 5.02. The van der Waals surface area contributed by atoms with E-state index in [1.54, 1.807) is 23.1 Å². The van der Waals surface area contributed by atoms with Gasteiger partial charge in [0.2, 0.25) is 5.91 Å². The van der Waals surface area contributed by atoms with E-state index in [0.29, 0.717) is 18.6 Å². The molecule has 1 aliphatic heterocycles. The molecule has 4 rings (SSSR count). The lowest BCUT2D eigenvalue weighted by atomic mass is 9.94. The number of carbonyl (C=O) groups excluding carboxylic acids is 1. The maximum Gasteiger partial charge on any atom is 0.433 e. The number of H-pyrrole nitrogens is 1. The van der Waals surface area contributed by atoms with Gasteiger partial charge >= 0.3 is 6.18 Å². The number of fused-ring (bicyclic) bond motifs is 1. The molecule has 1 amide bonds. The number of amides is 1. The van der Waals surface area contributed by atoms with E-state index in [-0.39, 0.29) is 29.6 Å². The molecule has 2 aromatic heterocycles. The standard InChI is InChI=1S/C21H19F4N3O/c22-15-5-3-13(4-6-15)10-20(29)28-9-1-2-14(12-28)17-11-18-16(26-17)7-8-19(27-18)21(23,24)25/h3-8,11,14,26H,1-2,9-10,12H2/t14-/m1/s1. The molecule has 0 unspecified atom stereocenters. The number of hydrogen-bond donors (Lipinski definition) is 1. The van der Waals surface area contributed by atoms with Gasteiger partial charge in [-0.2, -0.15) is 13.2 Å². The summed E-state index contributed by atoms with van der Waals surface area (Å²) >= 11 is 0. The molecule has 0 aliphatic carbocycles. The van der Waals surface area contributed by atoms with Crippen LogP contribution in [0.5, 0.6) is 0 Å². The molecule has 0 bridgehead atoms. The van der Waals surface area contributed by atoms with E-state index in [4.69, 9.17) is 0 Å². The van der Waals surface area contributed by atoms with Gasteiger partial charge in [-0.15, -0.1) is 0 Å². The number of aromatic amines is 1. The van der Waals surface area contributed by atoms with Gasteiger partial charge in [0.15, 0.2) is 0 Å². The van der Waals surface area contributed by atoms with E-state index in [0.717, 1.165) is 30.2 Å². The Hall–Kier alpha value is -2.90. The monoisotopic (exact) mass is 405 g/mol. The summed E-state index contributed by atoms with van der Waals surface area (Å²) in [5.41, 5.74) is 1.42. The number of aromatic nitrogens is 2. The van der Waals surface area contributed by atoms with Gasteiger partial charge in [-0.05, 0) is 48.7 Å². The molecule has 8 heteroatoms. The van der Waals surface area contributed by atoms with Crippen molar-refractivity contribution in [1.29, 1.82) is 0 Å². The fourth-order valence-corrected chi connectivity index (χ4v) is 3.75. The minimum absolute atomic E-state index is 0.00412. The summed E-state index contributed by atoms with van der Waals surface area (Å²) < 4.78 is 51.7. The minimum atomic E-state index is -4.49. The van der Waals surface area contributed by atoms with E-state index in [1.165, 1.54) is 18.2 Å². The summed E-state index contributed by atoms with van der Waals surface area (Å²) in [5, 5.41) is 0. The third-order valence-corrected chi connectivity index (χ3v) is 5.27. The lowest BCUT2D eigenvalue weighted by Crippen LogP contribution is -2.40. The predicted molar refractivity (Wildman–Crippen MR) is 99.8 cm³/mol. The number of hydrogen-bond acceptors (Lipinski definition) is 2. The Labute approximate surface area is 164 Å². The summed E-state index contributed by atoms with van der Waals surface area (Å²) in [6, 6.07) is 9.83. The summed E-state index contributed by atoms with van der Waals surface area (Å²) in [5.74, 6) is -0.389. The first kappa shape index (κ1) is 19.4. The zero-order valence-corrected chi connectivity index (χ0v) is 15.5. The molecule has 1 fully saturated rings. The largest absolute Gasteiger partial charge is 0.433 e. The number of halogens is 4. The first-order valence-electron chi connectivity index (χ1n) is 9.39. The normalized spacial score (nSPS) is 17.7. The topological polar surface area (TPSA) is 49.0 Å². The third-order valence-electron chi connectivity index (χ3n) is 5.27. The highest BCUT2D eigenvalue weighted by Gasteiger charge is 2.33. The van der Waals surface area contributed by atoms with Crippen LogP contribution in [-0.4, -0.2) is 33.9 Å². The Bertz CT molecular complexity index is 1030. The molecule has 29 heavy (non-hydrogen) atoms. The molecule has 4 nitrogen and oxygen atoms in total. The zero-order chi connectivity index (χ0) is 20.6. The number of benzene rings is 1. The Balaban J connectivity index is 1.49. The quantitative estimate of drug-likeness (QED) is 0.644. The maximum absolute atomic E-state index is 13.0. The van der Waals surface area contributed by atoms with Crippen LogP contribution in [0.25, 0.3) is 11.0 Å². The second-order valence-corrected chi connectivity index (χ2v) is 7.33. The van der Waals surface area contributed by atoms with Crippen molar-refractivity contribution >= 4 is 16.9 Å².